The van der Waals surface area contributed by atoms with Gasteiger partial charge in [0.2, 0.25) is 5.60 Å². The third-order valence-electron chi connectivity index (χ3n) is 4.39. The third kappa shape index (κ3) is 1.43. The molecule has 0 spiro atoms. The van der Waals surface area contributed by atoms with Gasteiger partial charge >= 0.3 is 23.9 Å². The molecule has 0 amide bonds. The lowest BCUT2D eigenvalue weighted by Gasteiger charge is -2.40. The van der Waals surface area contributed by atoms with Crippen molar-refractivity contribution < 1.29 is 41.3 Å². The lowest BCUT2D eigenvalue weighted by atomic mass is 9.79. The monoisotopic (exact) mass is 314 g/mol. The van der Waals surface area contributed by atoms with Crippen LogP contribution in [0.3, 0.4) is 0 Å². The number of hydrogen-bond donors (Lipinski definition) is 1. The highest BCUT2D eigenvalue weighted by Gasteiger charge is 2.90. The fourth-order valence-electron chi connectivity index (χ4n) is 3.59. The molecule has 0 radical (unpaired) electrons. The topological polar surface area (TPSA) is 55.8 Å². The molecule has 1 heterocycles. The Morgan fingerprint density at radius 2 is 2.00 bits per heavy atom. The third-order valence-corrected chi connectivity index (χ3v) is 4.39. The highest BCUT2D eigenvalue weighted by Crippen LogP contribution is 2.67. The van der Waals surface area contributed by atoms with Gasteiger partial charge in [-0.3, -0.25) is 4.79 Å². The van der Waals surface area contributed by atoms with Crippen molar-refractivity contribution in [3.8, 4) is 0 Å². The molecule has 0 aromatic rings. The van der Waals surface area contributed by atoms with E-state index in [1.54, 1.807) is 0 Å². The summed E-state index contributed by atoms with van der Waals surface area (Å²) in [6.07, 6.45) is -4.66. The van der Waals surface area contributed by atoms with Gasteiger partial charge in [0.25, 0.3) is 0 Å². The molecule has 2 aliphatic carbocycles. The number of fused-ring (bicyclic) bond motifs is 5. The average molecular weight is 314 g/mol. The van der Waals surface area contributed by atoms with Crippen LogP contribution in [0.15, 0.2) is 12.2 Å². The molecule has 4 nitrogen and oxygen atoms in total. The summed E-state index contributed by atoms with van der Waals surface area (Å²) in [5.41, 5.74) is -2.83. The van der Waals surface area contributed by atoms with Crippen LogP contribution in [0.2, 0.25) is 0 Å². The normalized spacial score (nSPS) is 46.7. The summed E-state index contributed by atoms with van der Waals surface area (Å²) in [5, 5.41) is 9.49. The van der Waals surface area contributed by atoms with E-state index < -0.39 is 47.4 Å². The smallest absolute Gasteiger partial charge is 0.449 e. The van der Waals surface area contributed by atoms with E-state index in [2.05, 4.69) is 9.47 Å². The van der Waals surface area contributed by atoms with Crippen LogP contribution < -0.4 is 0 Å². The molecule has 5 atom stereocenters. The van der Waals surface area contributed by atoms with Crippen molar-refractivity contribution in [2.24, 2.45) is 11.8 Å². The number of esters is 1. The van der Waals surface area contributed by atoms with Crippen LogP contribution >= 0.6 is 0 Å². The molecule has 118 valence electrons. The van der Waals surface area contributed by atoms with E-state index >= 15 is 0 Å². The molecule has 2 bridgehead atoms. The quantitative estimate of drug-likeness (QED) is 0.455. The number of ether oxygens (including phenoxy) is 2. The molecule has 0 aromatic heterocycles. The zero-order valence-corrected chi connectivity index (χ0v) is 10.7. The second-order valence-corrected chi connectivity index (χ2v) is 5.53. The summed E-state index contributed by atoms with van der Waals surface area (Å²) in [4.78, 5) is 11.2. The van der Waals surface area contributed by atoms with Gasteiger partial charge in [-0.15, -0.1) is 0 Å². The molecule has 1 saturated carbocycles. The van der Waals surface area contributed by atoms with E-state index in [1.807, 2.05) is 0 Å². The van der Waals surface area contributed by atoms with Crippen LogP contribution in [-0.4, -0.2) is 40.7 Å². The second-order valence-electron chi connectivity index (χ2n) is 5.53. The molecule has 9 heteroatoms. The van der Waals surface area contributed by atoms with E-state index in [4.69, 9.17) is 0 Å². The van der Waals surface area contributed by atoms with Crippen molar-refractivity contribution in [1.82, 2.24) is 0 Å². The molecule has 1 saturated heterocycles. The van der Waals surface area contributed by atoms with Crippen molar-refractivity contribution in [3.63, 3.8) is 0 Å². The summed E-state index contributed by atoms with van der Waals surface area (Å²) in [7, 11) is 0. The Labute approximate surface area is 115 Å². The minimum Gasteiger partial charge on any atom is -0.449 e. The minimum absolute atomic E-state index is 0.0848. The predicted octanol–water partition coefficient (Wildman–Crippen LogP) is 1.78. The number of carbonyl (C=O) groups excluding carboxylic acids is 1. The zero-order valence-electron chi connectivity index (χ0n) is 10.7. The number of carbonyl (C=O) groups is 1. The van der Waals surface area contributed by atoms with Crippen LogP contribution in [-0.2, 0) is 14.3 Å². The van der Waals surface area contributed by atoms with Crippen molar-refractivity contribution in [2.75, 3.05) is 0 Å². The van der Waals surface area contributed by atoms with Gasteiger partial charge in [0.15, 0.2) is 0 Å². The molecule has 5 unspecified atom stereocenters. The lowest BCUT2D eigenvalue weighted by Crippen LogP contribution is -2.66. The molecule has 21 heavy (non-hydrogen) atoms. The maximum Gasteiger partial charge on any atom is 0.449 e. The minimum atomic E-state index is -5.73. The first kappa shape index (κ1) is 14.7. The highest BCUT2D eigenvalue weighted by molar-refractivity contribution is 5.67. The number of halogens is 5. The maximum atomic E-state index is 14.5. The first-order valence-electron chi connectivity index (χ1n) is 6.20. The summed E-state index contributed by atoms with van der Waals surface area (Å²) in [6, 6.07) is 0. The van der Waals surface area contributed by atoms with Gasteiger partial charge in [-0.2, -0.15) is 22.0 Å². The fraction of sp³-hybridized carbons (Fsp3) is 0.750. The molecule has 3 aliphatic rings. The number of rotatable bonds is 1. The van der Waals surface area contributed by atoms with E-state index in [9.17, 15) is 31.9 Å². The van der Waals surface area contributed by atoms with Gasteiger partial charge in [0, 0.05) is 18.8 Å². The predicted molar refractivity (Wildman–Crippen MR) is 56.1 cm³/mol. The summed E-state index contributed by atoms with van der Waals surface area (Å²) < 4.78 is 76.7. The van der Waals surface area contributed by atoms with Gasteiger partial charge in [0.1, 0.15) is 6.10 Å². The first-order chi connectivity index (χ1) is 9.47. The largest absolute Gasteiger partial charge is 0.449 e. The Kier molecular flexibility index (Phi) is 2.63. The van der Waals surface area contributed by atoms with Crippen LogP contribution in [0, 0.1) is 11.8 Å². The molecule has 2 fully saturated rings. The van der Waals surface area contributed by atoms with E-state index in [-0.39, 0.29) is 6.42 Å². The molecule has 3 rings (SSSR count). The van der Waals surface area contributed by atoms with E-state index in [0.29, 0.717) is 0 Å². The standard InChI is InChI=1S/C12H11F5O4/c1-5(18)20-9-7-3-2-6(4-7)8(9)21-11(19,10(9,13)14)12(15,16)17/h2-3,6-8,19H,4H2,1H3. The Hall–Kier alpha value is -1.22. The fourth-order valence-corrected chi connectivity index (χ4v) is 3.59. The molecule has 1 N–H and O–H groups in total. The lowest BCUT2D eigenvalue weighted by molar-refractivity contribution is -0.415. The highest BCUT2D eigenvalue weighted by atomic mass is 19.4. The van der Waals surface area contributed by atoms with Crippen molar-refractivity contribution >= 4 is 5.97 Å². The van der Waals surface area contributed by atoms with Gasteiger partial charge in [-0.25, -0.2) is 0 Å². The zero-order chi connectivity index (χ0) is 15.8. The van der Waals surface area contributed by atoms with Crippen LogP contribution in [0.1, 0.15) is 13.3 Å². The SMILES string of the molecule is CC(=O)OC12C3C=CC(C3)C1OC(O)(C(F)(F)F)C2(F)F. The van der Waals surface area contributed by atoms with Crippen LogP contribution in [0.5, 0.6) is 0 Å². The van der Waals surface area contributed by atoms with E-state index in [0.717, 1.165) is 6.92 Å². The molecule has 0 aromatic carbocycles. The van der Waals surface area contributed by atoms with Crippen molar-refractivity contribution in [3.05, 3.63) is 12.2 Å². The molecule has 1 aliphatic heterocycles. The van der Waals surface area contributed by atoms with Gasteiger partial charge in [0.05, 0.1) is 0 Å². The number of aliphatic hydroxyl groups is 1. The van der Waals surface area contributed by atoms with Gasteiger partial charge in [-0.05, 0) is 6.42 Å². The van der Waals surface area contributed by atoms with Gasteiger partial charge < -0.3 is 14.6 Å². The van der Waals surface area contributed by atoms with Crippen molar-refractivity contribution in [2.45, 2.75) is 42.9 Å². The summed E-state index contributed by atoms with van der Waals surface area (Å²) in [6.45, 7) is 0.822. The summed E-state index contributed by atoms with van der Waals surface area (Å²) in [5.74, 6) is -12.6. The number of hydrogen-bond acceptors (Lipinski definition) is 4. The van der Waals surface area contributed by atoms with Crippen molar-refractivity contribution in [1.29, 1.82) is 0 Å². The summed E-state index contributed by atoms with van der Waals surface area (Å²) >= 11 is 0. The molecular weight excluding hydrogens is 303 g/mol. The molecular formula is C12H11F5O4. The van der Waals surface area contributed by atoms with Gasteiger partial charge in [-0.1, -0.05) is 12.2 Å². The van der Waals surface area contributed by atoms with Crippen LogP contribution in [0.4, 0.5) is 22.0 Å². The Morgan fingerprint density at radius 3 is 2.52 bits per heavy atom. The Bertz CT molecular complexity index is 530. The second kappa shape index (κ2) is 3.75. The first-order valence-corrected chi connectivity index (χ1v) is 6.20. The maximum absolute atomic E-state index is 14.5. The Balaban J connectivity index is 2.17. The van der Waals surface area contributed by atoms with Crippen LogP contribution in [0.25, 0.3) is 0 Å². The van der Waals surface area contributed by atoms with E-state index in [1.165, 1.54) is 12.2 Å². The Morgan fingerprint density at radius 1 is 1.38 bits per heavy atom. The number of alkyl halides is 5. The average Bonchev–Trinajstić information content (AvgIpc) is 2.92.